The number of aryl methyl sites for hydroxylation is 2. The van der Waals surface area contributed by atoms with E-state index in [0.717, 1.165) is 17.7 Å². The normalized spacial score (nSPS) is 10.1. The molecule has 94 valence electrons. The molecule has 3 amide bonds. The smallest absolute Gasteiger partial charge is 0.320 e. The molecule has 17 heavy (non-hydrogen) atoms. The van der Waals surface area contributed by atoms with Gasteiger partial charge in [0.1, 0.15) is 5.82 Å². The molecule has 0 saturated carbocycles. The minimum atomic E-state index is -0.587. The van der Waals surface area contributed by atoms with E-state index in [0.29, 0.717) is 5.82 Å². The van der Waals surface area contributed by atoms with E-state index in [-0.39, 0.29) is 6.54 Å². The van der Waals surface area contributed by atoms with Crippen LogP contribution in [0.25, 0.3) is 0 Å². The lowest BCUT2D eigenvalue weighted by atomic mass is 10.2. The predicted octanol–water partition coefficient (Wildman–Crippen LogP) is -0.102. The summed E-state index contributed by atoms with van der Waals surface area (Å²) in [5.74, 6) is 0.0277. The first kappa shape index (κ1) is 13.0. The Bertz CT molecular complexity index is 438. The second kappa shape index (κ2) is 5.33. The molecule has 0 bridgehead atoms. The summed E-state index contributed by atoms with van der Waals surface area (Å²) in [4.78, 5) is 22.0. The minimum Gasteiger partial charge on any atom is -0.368 e. The summed E-state index contributed by atoms with van der Waals surface area (Å²) in [7, 11) is 1.75. The van der Waals surface area contributed by atoms with Crippen molar-refractivity contribution in [3.8, 4) is 0 Å². The molecule has 0 radical (unpaired) electrons. The van der Waals surface area contributed by atoms with E-state index in [1.807, 2.05) is 13.8 Å². The van der Waals surface area contributed by atoms with E-state index < -0.39 is 11.9 Å². The van der Waals surface area contributed by atoms with Crippen molar-refractivity contribution >= 4 is 17.8 Å². The number of carbonyl (C=O) groups excluding carboxylic acids is 2. The zero-order valence-corrected chi connectivity index (χ0v) is 10.2. The molecule has 4 N–H and O–H groups in total. The van der Waals surface area contributed by atoms with Crippen molar-refractivity contribution in [3.05, 3.63) is 11.3 Å². The minimum absolute atomic E-state index is 0.191. The van der Waals surface area contributed by atoms with Crippen molar-refractivity contribution < 1.29 is 9.59 Å². The van der Waals surface area contributed by atoms with Gasteiger partial charge in [0.15, 0.2) is 0 Å². The molecule has 1 heterocycles. The molecule has 0 spiro atoms. The van der Waals surface area contributed by atoms with Crippen LogP contribution in [0.3, 0.4) is 0 Å². The Morgan fingerprint density at radius 1 is 1.47 bits per heavy atom. The summed E-state index contributed by atoms with van der Waals surface area (Å²) in [6.07, 6.45) is 0.796. The van der Waals surface area contributed by atoms with E-state index in [4.69, 9.17) is 5.73 Å². The van der Waals surface area contributed by atoms with Gasteiger partial charge in [-0.25, -0.2) is 4.79 Å². The van der Waals surface area contributed by atoms with Crippen LogP contribution in [0, 0.1) is 6.92 Å². The monoisotopic (exact) mass is 239 g/mol. The highest BCUT2D eigenvalue weighted by Crippen LogP contribution is 2.17. The van der Waals surface area contributed by atoms with Crippen molar-refractivity contribution in [2.24, 2.45) is 12.8 Å². The lowest BCUT2D eigenvalue weighted by Crippen LogP contribution is -2.36. The molecular formula is C10H17N5O2. The summed E-state index contributed by atoms with van der Waals surface area (Å²) >= 11 is 0. The number of amides is 3. The van der Waals surface area contributed by atoms with Gasteiger partial charge in [-0.1, -0.05) is 6.92 Å². The second-order valence-electron chi connectivity index (χ2n) is 3.67. The molecular weight excluding hydrogens is 222 g/mol. The fourth-order valence-corrected chi connectivity index (χ4v) is 1.52. The van der Waals surface area contributed by atoms with Crippen LogP contribution in [-0.4, -0.2) is 28.3 Å². The lowest BCUT2D eigenvalue weighted by Gasteiger charge is -2.07. The van der Waals surface area contributed by atoms with Crippen LogP contribution in [0.1, 0.15) is 18.2 Å². The van der Waals surface area contributed by atoms with Crippen molar-refractivity contribution in [1.82, 2.24) is 15.1 Å². The first-order valence-electron chi connectivity index (χ1n) is 5.31. The van der Waals surface area contributed by atoms with Crippen LogP contribution in [0.4, 0.5) is 10.6 Å². The number of urea groups is 1. The Morgan fingerprint density at radius 2 is 2.12 bits per heavy atom. The summed E-state index contributed by atoms with van der Waals surface area (Å²) in [5, 5.41) is 9.24. The van der Waals surface area contributed by atoms with Crippen molar-refractivity contribution in [2.75, 3.05) is 11.9 Å². The number of hydrogen-bond acceptors (Lipinski definition) is 3. The average Bonchev–Trinajstić information content (AvgIpc) is 2.53. The second-order valence-corrected chi connectivity index (χ2v) is 3.67. The number of anilines is 1. The van der Waals surface area contributed by atoms with Crippen molar-refractivity contribution in [3.63, 3.8) is 0 Å². The van der Waals surface area contributed by atoms with Crippen LogP contribution in [0.2, 0.25) is 0 Å². The number of carbonyl (C=O) groups is 2. The maximum absolute atomic E-state index is 11.4. The van der Waals surface area contributed by atoms with Crippen LogP contribution < -0.4 is 16.4 Å². The zero-order valence-electron chi connectivity index (χ0n) is 10.2. The highest BCUT2D eigenvalue weighted by molar-refractivity contribution is 5.91. The van der Waals surface area contributed by atoms with Gasteiger partial charge in [0.2, 0.25) is 5.91 Å². The molecule has 0 aliphatic carbocycles. The number of nitrogens with two attached hydrogens (primary N) is 1. The Morgan fingerprint density at radius 3 is 2.59 bits per heavy atom. The SMILES string of the molecule is CCc1nn(C)c(NC(=O)NCC(N)=O)c1C. The third-order valence-electron chi connectivity index (χ3n) is 2.37. The fraction of sp³-hybridized carbons (Fsp3) is 0.500. The lowest BCUT2D eigenvalue weighted by molar-refractivity contribution is -0.117. The molecule has 1 aromatic rings. The maximum Gasteiger partial charge on any atom is 0.320 e. The van der Waals surface area contributed by atoms with Crippen molar-refractivity contribution in [1.29, 1.82) is 0 Å². The number of nitrogens with one attached hydrogen (secondary N) is 2. The third-order valence-corrected chi connectivity index (χ3v) is 2.37. The van der Waals surface area contributed by atoms with E-state index >= 15 is 0 Å². The van der Waals surface area contributed by atoms with Crippen LogP contribution in [0.15, 0.2) is 0 Å². The van der Waals surface area contributed by atoms with Gasteiger partial charge < -0.3 is 11.1 Å². The van der Waals surface area contributed by atoms with Gasteiger partial charge in [-0.3, -0.25) is 14.8 Å². The molecule has 0 fully saturated rings. The first-order chi connectivity index (χ1) is 7.95. The molecule has 0 aliphatic heterocycles. The molecule has 0 aliphatic rings. The average molecular weight is 239 g/mol. The van der Waals surface area contributed by atoms with Gasteiger partial charge in [-0.2, -0.15) is 5.10 Å². The summed E-state index contributed by atoms with van der Waals surface area (Å²) in [6.45, 7) is 3.69. The van der Waals surface area contributed by atoms with Crippen molar-refractivity contribution in [2.45, 2.75) is 20.3 Å². The zero-order chi connectivity index (χ0) is 13.0. The topological polar surface area (TPSA) is 102 Å². The third kappa shape index (κ3) is 3.20. The van der Waals surface area contributed by atoms with Gasteiger partial charge >= 0.3 is 6.03 Å². The number of nitrogens with zero attached hydrogens (tertiary/aromatic N) is 2. The molecule has 1 aromatic heterocycles. The molecule has 7 nitrogen and oxygen atoms in total. The van der Waals surface area contributed by atoms with Gasteiger partial charge in [0.05, 0.1) is 12.2 Å². The number of primary amides is 1. The maximum atomic E-state index is 11.4. The molecule has 7 heteroatoms. The number of rotatable bonds is 4. The van der Waals surface area contributed by atoms with Crippen LogP contribution in [0.5, 0.6) is 0 Å². The Labute approximate surface area is 99.4 Å². The molecule has 0 aromatic carbocycles. The molecule has 0 saturated heterocycles. The molecule has 1 rings (SSSR count). The summed E-state index contributed by atoms with van der Waals surface area (Å²) in [6, 6.07) is -0.474. The van der Waals surface area contributed by atoms with Gasteiger partial charge in [0.25, 0.3) is 0 Å². The standard InChI is InChI=1S/C10H17N5O2/c1-4-7-6(2)9(15(3)14-7)13-10(17)12-5-8(11)16/h4-5H2,1-3H3,(H2,11,16)(H2,12,13,17). The Hall–Kier alpha value is -2.05. The largest absolute Gasteiger partial charge is 0.368 e. The van der Waals surface area contributed by atoms with Gasteiger partial charge in [-0.05, 0) is 13.3 Å². The first-order valence-corrected chi connectivity index (χ1v) is 5.31. The quantitative estimate of drug-likeness (QED) is 0.683. The van der Waals surface area contributed by atoms with Gasteiger partial charge in [-0.15, -0.1) is 0 Å². The van der Waals surface area contributed by atoms with E-state index in [2.05, 4.69) is 15.7 Å². The Kier molecular flexibility index (Phi) is 4.08. The van der Waals surface area contributed by atoms with E-state index in [9.17, 15) is 9.59 Å². The summed E-state index contributed by atoms with van der Waals surface area (Å²) in [5.41, 5.74) is 6.77. The summed E-state index contributed by atoms with van der Waals surface area (Å²) < 4.78 is 1.60. The van der Waals surface area contributed by atoms with E-state index in [1.54, 1.807) is 11.7 Å². The molecule has 0 unspecified atom stereocenters. The van der Waals surface area contributed by atoms with Crippen LogP contribution >= 0.6 is 0 Å². The molecule has 0 atom stereocenters. The van der Waals surface area contributed by atoms with Gasteiger partial charge in [0, 0.05) is 12.6 Å². The van der Waals surface area contributed by atoms with E-state index in [1.165, 1.54) is 0 Å². The number of hydrogen-bond donors (Lipinski definition) is 3. The highest BCUT2D eigenvalue weighted by atomic mass is 16.2. The predicted molar refractivity (Wildman–Crippen MR) is 63.5 cm³/mol. The number of aromatic nitrogens is 2. The Balaban J connectivity index is 2.71. The highest BCUT2D eigenvalue weighted by Gasteiger charge is 2.13. The fourth-order valence-electron chi connectivity index (χ4n) is 1.52. The van der Waals surface area contributed by atoms with Crippen LogP contribution in [-0.2, 0) is 18.3 Å².